The lowest BCUT2D eigenvalue weighted by atomic mass is 9.97. The summed E-state index contributed by atoms with van der Waals surface area (Å²) in [6.45, 7) is 3.81. The van der Waals surface area contributed by atoms with Crippen molar-refractivity contribution in [3.05, 3.63) is 53.1 Å². The third kappa shape index (κ3) is 5.68. The first-order chi connectivity index (χ1) is 15.9. The number of rotatable bonds is 7. The molecule has 2 aromatic rings. The van der Waals surface area contributed by atoms with Crippen LogP contribution in [-0.2, 0) is 24.0 Å². The molecule has 0 saturated carbocycles. The van der Waals surface area contributed by atoms with Gasteiger partial charge in [0.25, 0.3) is 5.91 Å². The molecule has 8 heteroatoms. The summed E-state index contributed by atoms with van der Waals surface area (Å²) < 4.78 is 18.8. The number of nitrogens with one attached hydrogen (secondary N) is 1. The largest absolute Gasteiger partial charge is 0.507 e. The van der Waals surface area contributed by atoms with Gasteiger partial charge in [0.2, 0.25) is 0 Å². The van der Waals surface area contributed by atoms with E-state index in [2.05, 4.69) is 10.2 Å². The Balaban J connectivity index is 1.37. The van der Waals surface area contributed by atoms with Crippen LogP contribution in [0, 0.1) is 5.92 Å². The second-order valence-electron chi connectivity index (χ2n) is 8.87. The van der Waals surface area contributed by atoms with Gasteiger partial charge in [-0.2, -0.15) is 0 Å². The van der Waals surface area contributed by atoms with Crippen molar-refractivity contribution in [2.24, 2.45) is 5.92 Å². The Morgan fingerprint density at radius 1 is 1.18 bits per heavy atom. The Kier molecular flexibility index (Phi) is 7.55. The van der Waals surface area contributed by atoms with E-state index < -0.39 is 11.0 Å². The van der Waals surface area contributed by atoms with Crippen molar-refractivity contribution >= 4 is 22.6 Å². The number of nitrogens with zero attached hydrogens (tertiary/aromatic N) is 2. The topological polar surface area (TPSA) is 82.1 Å². The Morgan fingerprint density at radius 3 is 2.67 bits per heavy atom. The monoisotopic (exact) mass is 471 g/mol. The van der Waals surface area contributed by atoms with Crippen LogP contribution in [0.2, 0.25) is 0 Å². The molecule has 1 amide bonds. The second kappa shape index (κ2) is 10.6. The molecule has 2 heterocycles. The van der Waals surface area contributed by atoms with Gasteiger partial charge in [0.1, 0.15) is 11.5 Å². The lowest BCUT2D eigenvalue weighted by Gasteiger charge is -2.32. The SMILES string of the molecule is COc1ccc(CN2CCCc3cc(C(=O)NCC4CCN(S(C)=O)CC4)ccc32)c(O)c1. The highest BCUT2D eigenvalue weighted by Crippen LogP contribution is 2.32. The van der Waals surface area contributed by atoms with Crippen LogP contribution in [0.1, 0.15) is 40.7 Å². The van der Waals surface area contributed by atoms with Crippen LogP contribution in [0.4, 0.5) is 5.69 Å². The molecule has 7 nitrogen and oxygen atoms in total. The Labute approximate surface area is 198 Å². The first-order valence-electron chi connectivity index (χ1n) is 11.5. The zero-order chi connectivity index (χ0) is 23.4. The summed E-state index contributed by atoms with van der Waals surface area (Å²) in [6.07, 6.45) is 5.58. The van der Waals surface area contributed by atoms with Gasteiger partial charge in [-0.1, -0.05) is 0 Å². The van der Waals surface area contributed by atoms with Gasteiger partial charge in [-0.15, -0.1) is 0 Å². The lowest BCUT2D eigenvalue weighted by molar-refractivity contribution is 0.0941. The van der Waals surface area contributed by atoms with Crippen LogP contribution in [-0.4, -0.2) is 59.1 Å². The van der Waals surface area contributed by atoms with E-state index in [1.54, 1.807) is 19.4 Å². The fourth-order valence-electron chi connectivity index (χ4n) is 4.70. The molecule has 2 aliphatic rings. The molecule has 0 bridgehead atoms. The van der Waals surface area contributed by atoms with E-state index in [-0.39, 0.29) is 11.7 Å². The molecule has 1 saturated heterocycles. The summed E-state index contributed by atoms with van der Waals surface area (Å²) in [5.74, 6) is 1.26. The van der Waals surface area contributed by atoms with Crippen molar-refractivity contribution in [3.63, 3.8) is 0 Å². The van der Waals surface area contributed by atoms with E-state index in [9.17, 15) is 14.1 Å². The number of phenolic OH excluding ortho intramolecular Hbond substituents is 1. The van der Waals surface area contributed by atoms with Crippen molar-refractivity contribution in [1.29, 1.82) is 0 Å². The number of anilines is 1. The minimum absolute atomic E-state index is 0.0378. The van der Waals surface area contributed by atoms with Crippen molar-refractivity contribution < 1.29 is 18.8 Å². The second-order valence-corrected chi connectivity index (χ2v) is 10.2. The molecule has 0 radical (unpaired) electrons. The predicted molar refractivity (Wildman–Crippen MR) is 131 cm³/mol. The number of hydrogen-bond donors (Lipinski definition) is 2. The molecule has 1 unspecified atom stereocenters. The van der Waals surface area contributed by atoms with Crippen LogP contribution in [0.5, 0.6) is 11.5 Å². The standard InChI is InChI=1S/C25H33N3O4S/c1-32-22-7-5-21(24(29)15-22)17-27-11-3-4-19-14-20(6-8-23(19)27)25(30)26-16-18-9-12-28(13-10-18)33(2)31/h5-8,14-15,18,29H,3-4,9-13,16-17H2,1-2H3,(H,26,30). The number of carbonyl (C=O) groups excluding carboxylic acids is 1. The fraction of sp³-hybridized carbons (Fsp3) is 0.480. The molecule has 1 atom stereocenters. The maximum atomic E-state index is 12.8. The minimum Gasteiger partial charge on any atom is -0.507 e. The molecule has 1 fully saturated rings. The molecule has 4 rings (SSSR count). The van der Waals surface area contributed by atoms with Crippen LogP contribution in [0.25, 0.3) is 0 Å². The molecular formula is C25H33N3O4S. The number of amides is 1. The Morgan fingerprint density at radius 2 is 1.97 bits per heavy atom. The number of benzene rings is 2. The maximum absolute atomic E-state index is 12.8. The quantitative estimate of drug-likeness (QED) is 0.649. The number of fused-ring (bicyclic) bond motifs is 1. The summed E-state index contributed by atoms with van der Waals surface area (Å²) in [7, 11) is 0.677. The van der Waals surface area contributed by atoms with Crippen molar-refractivity contribution in [3.8, 4) is 11.5 Å². The normalized spacial score (nSPS) is 17.9. The summed E-state index contributed by atoms with van der Waals surface area (Å²) in [6, 6.07) is 11.3. The van der Waals surface area contributed by atoms with Crippen LogP contribution >= 0.6 is 0 Å². The minimum atomic E-state index is -0.908. The Bertz CT molecular complexity index is 1020. The molecular weight excluding hydrogens is 438 g/mol. The number of piperidine rings is 1. The number of aromatic hydroxyl groups is 1. The number of methoxy groups -OCH3 is 1. The van der Waals surface area contributed by atoms with E-state index in [0.29, 0.717) is 30.3 Å². The zero-order valence-electron chi connectivity index (χ0n) is 19.4. The van der Waals surface area contributed by atoms with Gasteiger partial charge < -0.3 is 20.1 Å². The van der Waals surface area contributed by atoms with Gasteiger partial charge in [0.05, 0.1) is 18.1 Å². The summed E-state index contributed by atoms with van der Waals surface area (Å²) in [5, 5.41) is 13.4. The molecule has 33 heavy (non-hydrogen) atoms. The summed E-state index contributed by atoms with van der Waals surface area (Å²) in [4.78, 5) is 15.1. The maximum Gasteiger partial charge on any atom is 0.251 e. The average Bonchev–Trinajstić information content (AvgIpc) is 2.83. The molecule has 2 aromatic carbocycles. The molecule has 0 aliphatic carbocycles. The van der Waals surface area contributed by atoms with Crippen molar-refractivity contribution in [1.82, 2.24) is 9.62 Å². The number of carbonyl (C=O) groups is 1. The van der Waals surface area contributed by atoms with Gasteiger partial charge in [-0.05, 0) is 67.5 Å². The highest BCUT2D eigenvalue weighted by molar-refractivity contribution is 7.81. The predicted octanol–water partition coefficient (Wildman–Crippen LogP) is 3.09. The van der Waals surface area contributed by atoms with Gasteiger partial charge in [-0.25, -0.2) is 8.51 Å². The fourth-order valence-corrected chi connectivity index (χ4v) is 5.43. The van der Waals surface area contributed by atoms with E-state index in [4.69, 9.17) is 4.74 Å². The van der Waals surface area contributed by atoms with E-state index in [1.165, 1.54) is 5.56 Å². The van der Waals surface area contributed by atoms with E-state index >= 15 is 0 Å². The molecule has 178 valence electrons. The van der Waals surface area contributed by atoms with Gasteiger partial charge in [-0.3, -0.25) is 4.79 Å². The van der Waals surface area contributed by atoms with Gasteiger partial charge >= 0.3 is 0 Å². The number of hydrogen-bond acceptors (Lipinski definition) is 5. The first-order valence-corrected chi connectivity index (χ1v) is 13.1. The third-order valence-corrected chi connectivity index (χ3v) is 7.79. The third-order valence-electron chi connectivity index (χ3n) is 6.70. The highest BCUT2D eigenvalue weighted by atomic mass is 32.2. The van der Waals surface area contributed by atoms with Gasteiger partial charge in [0.15, 0.2) is 0 Å². The van der Waals surface area contributed by atoms with Crippen molar-refractivity contribution in [2.75, 3.05) is 44.4 Å². The summed E-state index contributed by atoms with van der Waals surface area (Å²) >= 11 is 0. The number of ether oxygens (including phenoxy) is 1. The molecule has 0 spiro atoms. The van der Waals surface area contributed by atoms with Crippen LogP contribution < -0.4 is 15.0 Å². The number of phenols is 1. The van der Waals surface area contributed by atoms with Gasteiger partial charge in [0, 0.05) is 61.9 Å². The smallest absolute Gasteiger partial charge is 0.251 e. The van der Waals surface area contributed by atoms with E-state index in [0.717, 1.165) is 56.6 Å². The first kappa shape index (κ1) is 23.6. The Hall–Kier alpha value is -2.58. The number of aryl methyl sites for hydroxylation is 1. The van der Waals surface area contributed by atoms with E-state index in [1.807, 2.05) is 34.6 Å². The lowest BCUT2D eigenvalue weighted by Crippen LogP contribution is -2.39. The van der Waals surface area contributed by atoms with Crippen LogP contribution in [0.15, 0.2) is 36.4 Å². The van der Waals surface area contributed by atoms with Crippen molar-refractivity contribution in [2.45, 2.75) is 32.2 Å². The molecule has 0 aromatic heterocycles. The molecule has 2 aliphatic heterocycles. The highest BCUT2D eigenvalue weighted by Gasteiger charge is 2.23. The van der Waals surface area contributed by atoms with Crippen LogP contribution in [0.3, 0.4) is 0 Å². The molecule has 2 N–H and O–H groups in total. The zero-order valence-corrected chi connectivity index (χ0v) is 20.2. The summed E-state index contributed by atoms with van der Waals surface area (Å²) in [5.41, 5.74) is 3.83. The average molecular weight is 472 g/mol.